The summed E-state index contributed by atoms with van der Waals surface area (Å²) in [5.74, 6) is 0.661. The van der Waals surface area contributed by atoms with E-state index in [1.807, 2.05) is 42.5 Å². The van der Waals surface area contributed by atoms with Crippen LogP contribution in [0.3, 0.4) is 0 Å². The minimum absolute atomic E-state index is 0.0954. The molecule has 7 heteroatoms. The molecule has 2 aromatic carbocycles. The molecule has 0 radical (unpaired) electrons. The normalized spacial score (nSPS) is 18.2. The Hall–Kier alpha value is -3.09. The molecule has 5 rings (SSSR count). The molecule has 3 aliphatic rings. The van der Waals surface area contributed by atoms with Gasteiger partial charge >= 0.3 is 0 Å². The van der Waals surface area contributed by atoms with Crippen molar-refractivity contribution in [3.8, 4) is 11.5 Å². The molecular weight excluding hydrogens is 490 g/mol. The SMILES string of the molecule is COCCN1C2=C(C(=O)CCC2)C(c2cc(Cl)c(OCc3ccccc3)c(OC)c2)C2=C1CCCC2=O. The number of rotatable bonds is 8. The molecule has 0 unspecified atom stereocenters. The van der Waals surface area contributed by atoms with Crippen LogP contribution in [0, 0.1) is 0 Å². The minimum atomic E-state index is -0.459. The van der Waals surface area contributed by atoms with Crippen LogP contribution >= 0.6 is 11.6 Å². The smallest absolute Gasteiger partial charge is 0.180 e. The van der Waals surface area contributed by atoms with E-state index in [4.69, 9.17) is 25.8 Å². The highest BCUT2D eigenvalue weighted by molar-refractivity contribution is 6.32. The second kappa shape index (κ2) is 11.1. The summed E-state index contributed by atoms with van der Waals surface area (Å²) in [6, 6.07) is 13.5. The number of allylic oxidation sites excluding steroid dienone is 4. The number of Topliss-reactive ketones (excluding diaryl/α,β-unsaturated/α-hetero) is 2. The lowest BCUT2D eigenvalue weighted by molar-refractivity contribution is -0.117. The van der Waals surface area contributed by atoms with Crippen molar-refractivity contribution in [2.24, 2.45) is 0 Å². The van der Waals surface area contributed by atoms with Crippen LogP contribution in [-0.2, 0) is 20.9 Å². The van der Waals surface area contributed by atoms with Gasteiger partial charge in [0.2, 0.25) is 0 Å². The number of ether oxygens (including phenoxy) is 3. The van der Waals surface area contributed by atoms with Gasteiger partial charge in [0, 0.05) is 55.0 Å². The Morgan fingerprint density at radius 1 is 0.919 bits per heavy atom. The number of hydrogen-bond donors (Lipinski definition) is 0. The van der Waals surface area contributed by atoms with Crippen LogP contribution in [0.2, 0.25) is 5.02 Å². The number of carbonyl (C=O) groups excluding carboxylic acids is 2. The van der Waals surface area contributed by atoms with Crippen LogP contribution in [0.1, 0.15) is 55.6 Å². The third kappa shape index (κ3) is 4.92. The van der Waals surface area contributed by atoms with E-state index in [0.717, 1.165) is 48.2 Å². The molecule has 6 nitrogen and oxygen atoms in total. The van der Waals surface area contributed by atoms with Crippen molar-refractivity contribution in [1.29, 1.82) is 0 Å². The Labute approximate surface area is 222 Å². The maximum Gasteiger partial charge on any atom is 0.180 e. The number of hydrogen-bond acceptors (Lipinski definition) is 6. The first kappa shape index (κ1) is 25.6. The Morgan fingerprint density at radius 2 is 1.57 bits per heavy atom. The van der Waals surface area contributed by atoms with Crippen molar-refractivity contribution in [2.45, 2.75) is 51.0 Å². The van der Waals surface area contributed by atoms with E-state index in [-0.39, 0.29) is 11.6 Å². The average molecular weight is 522 g/mol. The summed E-state index contributed by atoms with van der Waals surface area (Å²) in [5.41, 5.74) is 5.27. The van der Waals surface area contributed by atoms with Crippen molar-refractivity contribution < 1.29 is 23.8 Å². The summed E-state index contributed by atoms with van der Waals surface area (Å²) in [4.78, 5) is 29.1. The van der Waals surface area contributed by atoms with Gasteiger partial charge in [-0.3, -0.25) is 9.59 Å². The van der Waals surface area contributed by atoms with Gasteiger partial charge in [0.1, 0.15) is 6.61 Å². The zero-order valence-corrected chi connectivity index (χ0v) is 22.1. The molecule has 0 spiro atoms. The van der Waals surface area contributed by atoms with Crippen LogP contribution in [0.4, 0.5) is 0 Å². The van der Waals surface area contributed by atoms with Gasteiger partial charge in [-0.15, -0.1) is 0 Å². The number of methoxy groups -OCH3 is 2. The summed E-state index contributed by atoms with van der Waals surface area (Å²) in [5, 5.41) is 0.392. The Bertz CT molecular complexity index is 1220. The van der Waals surface area contributed by atoms with Crippen LogP contribution in [0.15, 0.2) is 65.0 Å². The van der Waals surface area contributed by atoms with Crippen molar-refractivity contribution >= 4 is 23.2 Å². The quantitative estimate of drug-likeness (QED) is 0.425. The average Bonchev–Trinajstić information content (AvgIpc) is 2.91. The third-order valence-electron chi connectivity index (χ3n) is 7.42. The van der Waals surface area contributed by atoms with Gasteiger partial charge in [0.05, 0.1) is 18.7 Å². The topological polar surface area (TPSA) is 65.1 Å². The van der Waals surface area contributed by atoms with Crippen LogP contribution in [0.5, 0.6) is 11.5 Å². The van der Waals surface area contributed by atoms with Gasteiger partial charge in [-0.25, -0.2) is 0 Å². The maximum absolute atomic E-state index is 13.4. The molecule has 194 valence electrons. The molecule has 0 amide bonds. The highest BCUT2D eigenvalue weighted by atomic mass is 35.5. The van der Waals surface area contributed by atoms with E-state index >= 15 is 0 Å². The summed E-state index contributed by atoms with van der Waals surface area (Å²) in [7, 11) is 3.25. The van der Waals surface area contributed by atoms with Gasteiger partial charge in [-0.1, -0.05) is 41.9 Å². The molecule has 0 saturated carbocycles. The molecule has 1 heterocycles. The lowest BCUT2D eigenvalue weighted by atomic mass is 9.71. The molecule has 0 bridgehead atoms. The van der Waals surface area contributed by atoms with E-state index in [9.17, 15) is 9.59 Å². The van der Waals surface area contributed by atoms with E-state index in [1.54, 1.807) is 14.2 Å². The monoisotopic (exact) mass is 521 g/mol. The molecule has 1 aliphatic heterocycles. The highest BCUT2D eigenvalue weighted by Gasteiger charge is 2.43. The van der Waals surface area contributed by atoms with Crippen molar-refractivity contribution in [2.75, 3.05) is 27.4 Å². The second-order valence-corrected chi connectivity index (χ2v) is 10.1. The first-order valence-corrected chi connectivity index (χ1v) is 13.2. The number of nitrogens with zero attached hydrogens (tertiary/aromatic N) is 1. The van der Waals surface area contributed by atoms with E-state index in [1.165, 1.54) is 0 Å². The van der Waals surface area contributed by atoms with E-state index in [2.05, 4.69) is 4.90 Å². The summed E-state index contributed by atoms with van der Waals surface area (Å²) in [6.45, 7) is 1.49. The van der Waals surface area contributed by atoms with Crippen LogP contribution in [-0.4, -0.2) is 43.8 Å². The molecule has 0 aromatic heterocycles. The lowest BCUT2D eigenvalue weighted by Gasteiger charge is -2.44. The zero-order valence-electron chi connectivity index (χ0n) is 21.3. The molecular formula is C30H32ClNO5. The van der Waals surface area contributed by atoms with Crippen molar-refractivity contribution in [3.05, 3.63) is 81.2 Å². The second-order valence-electron chi connectivity index (χ2n) is 9.66. The Balaban J connectivity index is 1.60. The van der Waals surface area contributed by atoms with Crippen molar-refractivity contribution in [3.63, 3.8) is 0 Å². The van der Waals surface area contributed by atoms with Crippen molar-refractivity contribution in [1.82, 2.24) is 4.90 Å². The Morgan fingerprint density at radius 3 is 2.16 bits per heavy atom. The fraction of sp³-hybridized carbons (Fsp3) is 0.400. The summed E-state index contributed by atoms with van der Waals surface area (Å²) >= 11 is 6.79. The largest absolute Gasteiger partial charge is 0.493 e. The molecule has 0 N–H and O–H groups in total. The number of halogens is 1. The van der Waals surface area contributed by atoms with Gasteiger partial charge in [0.25, 0.3) is 0 Å². The predicted octanol–water partition coefficient (Wildman–Crippen LogP) is 5.99. The predicted molar refractivity (Wildman–Crippen MR) is 142 cm³/mol. The molecule has 2 aliphatic carbocycles. The first-order chi connectivity index (χ1) is 18.0. The first-order valence-electron chi connectivity index (χ1n) is 12.9. The van der Waals surface area contributed by atoms with Gasteiger partial charge < -0.3 is 19.1 Å². The van der Waals surface area contributed by atoms with Crippen LogP contribution < -0.4 is 9.47 Å². The molecule has 0 fully saturated rings. The van der Waals surface area contributed by atoms with Crippen LogP contribution in [0.25, 0.3) is 0 Å². The number of carbonyl (C=O) groups is 2. The molecule has 0 atom stereocenters. The standard InChI is InChI=1S/C30H32ClNO5/c1-35-15-14-32-22-10-6-12-24(33)28(22)27(29-23(32)11-7-13-25(29)34)20-16-21(31)30(26(17-20)36-2)37-18-19-8-4-3-5-9-19/h3-5,8-9,16-17,27H,6-7,10-15,18H2,1-2H3. The van der Waals surface area contributed by atoms with Gasteiger partial charge in [-0.2, -0.15) is 0 Å². The fourth-order valence-electron chi connectivity index (χ4n) is 5.78. The van der Waals surface area contributed by atoms with Gasteiger partial charge in [0.15, 0.2) is 23.1 Å². The fourth-order valence-corrected chi connectivity index (χ4v) is 6.05. The lowest BCUT2D eigenvalue weighted by Crippen LogP contribution is -2.40. The molecule has 0 saturated heterocycles. The summed E-state index contributed by atoms with van der Waals surface area (Å²) < 4.78 is 17.2. The third-order valence-corrected chi connectivity index (χ3v) is 7.70. The summed E-state index contributed by atoms with van der Waals surface area (Å²) in [6.07, 6.45) is 4.17. The highest BCUT2D eigenvalue weighted by Crippen LogP contribution is 2.51. The van der Waals surface area contributed by atoms with E-state index in [0.29, 0.717) is 60.3 Å². The molecule has 2 aromatic rings. The minimum Gasteiger partial charge on any atom is -0.493 e. The maximum atomic E-state index is 13.4. The number of benzene rings is 2. The Kier molecular flexibility index (Phi) is 7.68. The van der Waals surface area contributed by atoms with Gasteiger partial charge in [-0.05, 0) is 48.9 Å². The zero-order chi connectivity index (χ0) is 25.9. The molecule has 37 heavy (non-hydrogen) atoms. The van der Waals surface area contributed by atoms with E-state index < -0.39 is 5.92 Å². The number of ketones is 2.